The molecule has 0 spiro atoms. The molecule has 0 atom stereocenters. The first-order valence-electron chi connectivity index (χ1n) is 4.58. The van der Waals surface area contributed by atoms with E-state index in [1.165, 1.54) is 0 Å². The van der Waals surface area contributed by atoms with Gasteiger partial charge in [-0.15, -0.1) is 0 Å². The predicted molar refractivity (Wildman–Crippen MR) is 55.1 cm³/mol. The highest BCUT2D eigenvalue weighted by atomic mass is 32.1. The van der Waals surface area contributed by atoms with E-state index in [0.29, 0.717) is 19.8 Å². The van der Waals surface area contributed by atoms with Crippen LogP contribution >= 0.6 is 12.2 Å². The molecule has 3 aliphatic rings. The minimum absolute atomic E-state index is 0.590. The zero-order chi connectivity index (χ0) is 9.86. The van der Waals surface area contributed by atoms with E-state index in [2.05, 4.69) is 26.9 Å². The average Bonchev–Trinajstić information content (AvgIpc) is 2.06. The first-order valence-corrected chi connectivity index (χ1v) is 6.66. The number of hydrogen-bond acceptors (Lipinski definition) is 6. The second-order valence-electron chi connectivity index (χ2n) is 3.11. The van der Waals surface area contributed by atoms with Crippen molar-refractivity contribution in [1.29, 1.82) is 0 Å². The highest BCUT2D eigenvalue weighted by Gasteiger charge is 2.45. The van der Waals surface area contributed by atoms with Gasteiger partial charge in [-0.05, 0) is 12.2 Å². The molecular formula is C7H12N2O3SSi. The Morgan fingerprint density at radius 1 is 1.07 bits per heavy atom. The smallest absolute Gasteiger partial charge is 0.354 e. The van der Waals surface area contributed by atoms with E-state index in [9.17, 15) is 0 Å². The van der Waals surface area contributed by atoms with Crippen molar-refractivity contribution in [3.8, 4) is 0 Å². The molecule has 0 N–H and O–H groups in total. The van der Waals surface area contributed by atoms with Crippen LogP contribution in [0.1, 0.15) is 0 Å². The van der Waals surface area contributed by atoms with Gasteiger partial charge in [0, 0.05) is 19.6 Å². The Morgan fingerprint density at radius 2 is 1.57 bits per heavy atom. The Bertz CT molecular complexity index is 233. The van der Waals surface area contributed by atoms with Gasteiger partial charge in [0.1, 0.15) is 0 Å². The average molecular weight is 232 g/mol. The standard InChI is InChI=1S/C7H12N2O3SSi/c13-7-8-14-10-4-1-9(2-5-11-14)3-6-12-14/h1-6H2. The van der Waals surface area contributed by atoms with Gasteiger partial charge >= 0.3 is 8.97 Å². The molecule has 0 aromatic carbocycles. The Balaban J connectivity index is 2.16. The number of rotatable bonds is 1. The van der Waals surface area contributed by atoms with E-state index in [0.717, 1.165) is 19.6 Å². The van der Waals surface area contributed by atoms with Gasteiger partial charge in [0.05, 0.1) is 25.0 Å². The molecule has 2 bridgehead atoms. The summed E-state index contributed by atoms with van der Waals surface area (Å²) in [4.78, 5) is 2.25. The predicted octanol–water partition coefficient (Wildman–Crippen LogP) is -0.0962. The van der Waals surface area contributed by atoms with E-state index in [1.807, 2.05) is 0 Å². The molecular weight excluding hydrogens is 220 g/mol. The third-order valence-electron chi connectivity index (χ3n) is 2.26. The molecule has 5 nitrogen and oxygen atoms in total. The number of fused-ring (bicyclic) bond motifs is 6. The summed E-state index contributed by atoms with van der Waals surface area (Å²) in [6.07, 6.45) is 0. The normalized spacial score (nSPS) is 37.9. The van der Waals surface area contributed by atoms with Gasteiger partial charge in [-0.1, -0.05) is 0 Å². The topological polar surface area (TPSA) is 43.3 Å². The molecule has 3 saturated heterocycles. The van der Waals surface area contributed by atoms with Crippen molar-refractivity contribution in [2.24, 2.45) is 4.66 Å². The Kier molecular flexibility index (Phi) is 3.40. The zero-order valence-corrected chi connectivity index (χ0v) is 9.59. The fourth-order valence-corrected chi connectivity index (χ4v) is 3.46. The third kappa shape index (κ3) is 2.26. The van der Waals surface area contributed by atoms with Gasteiger partial charge in [0.2, 0.25) is 0 Å². The molecule has 78 valence electrons. The number of isothiocyanates is 1. The van der Waals surface area contributed by atoms with Crippen molar-refractivity contribution in [1.82, 2.24) is 4.90 Å². The van der Waals surface area contributed by atoms with Gasteiger partial charge in [0.15, 0.2) is 0 Å². The summed E-state index contributed by atoms with van der Waals surface area (Å²) in [6, 6.07) is 0. The molecule has 0 saturated carbocycles. The van der Waals surface area contributed by atoms with Crippen molar-refractivity contribution in [2.45, 2.75) is 0 Å². The Morgan fingerprint density at radius 3 is 2.00 bits per heavy atom. The summed E-state index contributed by atoms with van der Waals surface area (Å²) in [7, 11) is -2.84. The summed E-state index contributed by atoms with van der Waals surface area (Å²) >= 11 is 4.58. The minimum Gasteiger partial charge on any atom is -0.354 e. The molecule has 3 heterocycles. The van der Waals surface area contributed by atoms with Gasteiger partial charge in [-0.3, -0.25) is 4.90 Å². The lowest BCUT2D eigenvalue weighted by atomic mass is 10.4. The first-order chi connectivity index (χ1) is 6.85. The van der Waals surface area contributed by atoms with Crippen LogP contribution in [-0.2, 0) is 13.3 Å². The van der Waals surface area contributed by atoms with Gasteiger partial charge in [-0.25, -0.2) is 0 Å². The van der Waals surface area contributed by atoms with Gasteiger partial charge in [-0.2, -0.15) is 4.66 Å². The molecule has 3 rings (SSSR count). The van der Waals surface area contributed by atoms with Crippen LogP contribution in [0.2, 0.25) is 0 Å². The largest absolute Gasteiger partial charge is 0.661 e. The lowest BCUT2D eigenvalue weighted by Gasteiger charge is -2.34. The van der Waals surface area contributed by atoms with Crippen LogP contribution in [0.3, 0.4) is 0 Å². The maximum absolute atomic E-state index is 5.54. The van der Waals surface area contributed by atoms with Crippen molar-refractivity contribution < 1.29 is 13.3 Å². The van der Waals surface area contributed by atoms with Crippen molar-refractivity contribution in [3.63, 3.8) is 0 Å². The molecule has 7 heteroatoms. The van der Waals surface area contributed by atoms with Gasteiger partial charge < -0.3 is 13.3 Å². The first kappa shape index (κ1) is 10.4. The fraction of sp³-hybridized carbons (Fsp3) is 0.857. The maximum atomic E-state index is 5.54. The summed E-state index contributed by atoms with van der Waals surface area (Å²) in [5.74, 6) is 0. The van der Waals surface area contributed by atoms with Crippen molar-refractivity contribution in [3.05, 3.63) is 0 Å². The van der Waals surface area contributed by atoms with Crippen LogP contribution in [0.25, 0.3) is 0 Å². The quantitative estimate of drug-likeness (QED) is 0.359. The summed E-state index contributed by atoms with van der Waals surface area (Å²) < 4.78 is 20.6. The highest BCUT2D eigenvalue weighted by molar-refractivity contribution is 7.78. The van der Waals surface area contributed by atoms with Crippen LogP contribution < -0.4 is 0 Å². The highest BCUT2D eigenvalue weighted by Crippen LogP contribution is 2.16. The molecule has 0 radical (unpaired) electrons. The van der Waals surface area contributed by atoms with E-state index < -0.39 is 8.97 Å². The van der Waals surface area contributed by atoms with Gasteiger partial charge in [0.25, 0.3) is 0 Å². The monoisotopic (exact) mass is 232 g/mol. The molecule has 0 aliphatic carbocycles. The Hall–Kier alpha value is -0.143. The SMILES string of the molecule is S=C=N[Si]12OCCN(CCO1)CCO2. The Labute approximate surface area is 89.1 Å². The molecule has 0 aromatic heterocycles. The van der Waals surface area contributed by atoms with E-state index in [-0.39, 0.29) is 0 Å². The van der Waals surface area contributed by atoms with Crippen molar-refractivity contribution in [2.75, 3.05) is 39.5 Å². The fourth-order valence-electron chi connectivity index (χ4n) is 1.52. The number of nitrogens with zero attached hydrogens (tertiary/aromatic N) is 2. The van der Waals surface area contributed by atoms with Crippen LogP contribution in [-0.4, -0.2) is 58.5 Å². The molecule has 0 unspecified atom stereocenters. The second-order valence-corrected chi connectivity index (χ2v) is 5.43. The number of hydrogen-bond donors (Lipinski definition) is 0. The zero-order valence-electron chi connectivity index (χ0n) is 7.77. The number of thiocarbonyl (C=S) groups is 1. The van der Waals surface area contributed by atoms with Crippen LogP contribution in [0.4, 0.5) is 0 Å². The third-order valence-corrected chi connectivity index (χ3v) is 4.60. The lowest BCUT2D eigenvalue weighted by molar-refractivity contribution is -0.00711. The minimum atomic E-state index is -2.84. The van der Waals surface area contributed by atoms with E-state index in [1.54, 1.807) is 0 Å². The molecule has 0 amide bonds. The van der Waals surface area contributed by atoms with Crippen LogP contribution in [0.15, 0.2) is 4.66 Å². The van der Waals surface area contributed by atoms with E-state index in [4.69, 9.17) is 13.3 Å². The molecule has 0 aromatic rings. The summed E-state index contributed by atoms with van der Waals surface area (Å²) in [5, 5.41) is 2.31. The van der Waals surface area contributed by atoms with Crippen molar-refractivity contribution >= 4 is 26.3 Å². The molecule has 14 heavy (non-hydrogen) atoms. The van der Waals surface area contributed by atoms with Crippen LogP contribution in [0, 0.1) is 0 Å². The molecule has 3 fully saturated rings. The lowest BCUT2D eigenvalue weighted by Crippen LogP contribution is -2.54. The summed E-state index contributed by atoms with van der Waals surface area (Å²) in [5.41, 5.74) is 0. The van der Waals surface area contributed by atoms with Crippen LogP contribution in [0.5, 0.6) is 0 Å². The molecule has 3 aliphatic heterocycles. The maximum Gasteiger partial charge on any atom is 0.661 e. The van der Waals surface area contributed by atoms with E-state index >= 15 is 0 Å². The second kappa shape index (κ2) is 4.58. The summed E-state index contributed by atoms with van der Waals surface area (Å²) in [6.45, 7) is 4.50.